The number of nitrogens with one attached hydrogen (secondary N) is 2. The molecule has 2 amide bonds. The summed E-state index contributed by atoms with van der Waals surface area (Å²) in [6.07, 6.45) is 9.79. The number of aryl methyl sites for hydroxylation is 2. The number of hydrogen-bond acceptors (Lipinski definition) is 8. The second-order valence-electron chi connectivity index (χ2n) is 8.85. The highest BCUT2D eigenvalue weighted by atomic mass is 32.2. The second kappa shape index (κ2) is 11.4. The minimum absolute atomic E-state index is 0.103. The van der Waals surface area contributed by atoms with E-state index in [4.69, 9.17) is 4.52 Å². The minimum Gasteiger partial charge on any atom is -0.343 e. The van der Waals surface area contributed by atoms with Gasteiger partial charge in [-0.15, -0.1) is 0 Å². The molecule has 1 saturated carbocycles. The van der Waals surface area contributed by atoms with Gasteiger partial charge in [0.25, 0.3) is 0 Å². The van der Waals surface area contributed by atoms with E-state index < -0.39 is 5.54 Å². The van der Waals surface area contributed by atoms with Crippen LogP contribution >= 0.6 is 11.8 Å². The van der Waals surface area contributed by atoms with Gasteiger partial charge in [0.2, 0.25) is 17.7 Å². The summed E-state index contributed by atoms with van der Waals surface area (Å²) in [5.41, 5.74) is 1.11. The Morgan fingerprint density at radius 3 is 2.54 bits per heavy atom. The number of carbonyl (C=O) groups is 2. The Balaban J connectivity index is 1.35. The van der Waals surface area contributed by atoms with Crippen LogP contribution in [0.15, 0.2) is 51.2 Å². The molecule has 2 N–H and O–H groups in total. The number of nitrogens with zero attached hydrogens (tertiary/aromatic N) is 4. The van der Waals surface area contributed by atoms with Crippen molar-refractivity contribution < 1.29 is 14.1 Å². The molecule has 0 aliphatic heterocycles. The van der Waals surface area contributed by atoms with Gasteiger partial charge in [0.05, 0.1) is 0 Å². The number of aromatic nitrogens is 4. The van der Waals surface area contributed by atoms with Crippen molar-refractivity contribution in [1.29, 1.82) is 0 Å². The zero-order valence-electron chi connectivity index (χ0n) is 20.0. The first-order valence-electron chi connectivity index (χ1n) is 11.9. The minimum atomic E-state index is -0.589. The molecular weight excluding hydrogens is 464 g/mol. The highest BCUT2D eigenvalue weighted by Crippen LogP contribution is 2.34. The lowest BCUT2D eigenvalue weighted by atomic mass is 9.89. The van der Waals surface area contributed by atoms with E-state index in [1.807, 2.05) is 25.1 Å². The molecular formula is C25H30N6O3S. The summed E-state index contributed by atoms with van der Waals surface area (Å²) in [6, 6.07) is 7.59. The van der Waals surface area contributed by atoms with Gasteiger partial charge in [-0.05, 0) is 61.4 Å². The van der Waals surface area contributed by atoms with Crippen molar-refractivity contribution in [3.05, 3.63) is 53.9 Å². The van der Waals surface area contributed by atoms with Gasteiger partial charge in [-0.1, -0.05) is 30.8 Å². The molecule has 2 aromatic heterocycles. The normalized spacial score (nSPS) is 15.3. The monoisotopic (exact) mass is 494 g/mol. The van der Waals surface area contributed by atoms with Gasteiger partial charge in [-0.3, -0.25) is 9.59 Å². The summed E-state index contributed by atoms with van der Waals surface area (Å²) in [7, 11) is 0. The van der Waals surface area contributed by atoms with E-state index >= 15 is 0 Å². The molecule has 4 rings (SSSR count). The van der Waals surface area contributed by atoms with E-state index in [9.17, 15) is 9.59 Å². The van der Waals surface area contributed by atoms with E-state index in [0.717, 1.165) is 54.7 Å². The number of carbonyl (C=O) groups excluding carboxylic acids is 2. The summed E-state index contributed by atoms with van der Waals surface area (Å²) >= 11 is 1.47. The Labute approximate surface area is 208 Å². The third kappa shape index (κ3) is 6.66. The van der Waals surface area contributed by atoms with Crippen molar-refractivity contribution in [3.8, 4) is 0 Å². The van der Waals surface area contributed by atoms with Gasteiger partial charge in [-0.2, -0.15) is 4.98 Å². The maximum atomic E-state index is 12.6. The Hall–Kier alpha value is -3.27. The van der Waals surface area contributed by atoms with Crippen LogP contribution in [-0.4, -0.2) is 31.9 Å². The lowest BCUT2D eigenvalue weighted by molar-refractivity contribution is -0.121. The van der Waals surface area contributed by atoms with E-state index in [0.29, 0.717) is 23.3 Å². The highest BCUT2D eigenvalue weighted by molar-refractivity contribution is 7.99. The molecule has 0 unspecified atom stereocenters. The maximum absolute atomic E-state index is 12.6. The van der Waals surface area contributed by atoms with E-state index in [-0.39, 0.29) is 18.2 Å². The highest BCUT2D eigenvalue weighted by Gasteiger charge is 2.38. The van der Waals surface area contributed by atoms with E-state index in [1.165, 1.54) is 18.7 Å². The number of benzene rings is 1. The first kappa shape index (κ1) is 24.8. The van der Waals surface area contributed by atoms with E-state index in [2.05, 4.69) is 30.7 Å². The zero-order chi connectivity index (χ0) is 24.7. The van der Waals surface area contributed by atoms with Crippen molar-refractivity contribution in [2.45, 2.75) is 80.8 Å². The summed E-state index contributed by atoms with van der Waals surface area (Å²) in [5.74, 6) is 0.672. The van der Waals surface area contributed by atoms with Crippen LogP contribution in [0.2, 0.25) is 0 Å². The van der Waals surface area contributed by atoms with Crippen molar-refractivity contribution in [2.24, 2.45) is 0 Å². The van der Waals surface area contributed by atoms with Crippen molar-refractivity contribution in [2.75, 3.05) is 5.32 Å². The quantitative estimate of drug-likeness (QED) is 0.345. The SMILES string of the molecule is CC(=O)NC1(c2noc(CCC(=O)Nc3ccc(Sc4ncccn4)cc3C)n2)CCCCCC1. The van der Waals surface area contributed by atoms with Gasteiger partial charge in [0.15, 0.2) is 11.0 Å². The molecule has 9 nitrogen and oxygen atoms in total. The Morgan fingerprint density at radius 1 is 1.11 bits per heavy atom. The lowest BCUT2D eigenvalue weighted by Crippen LogP contribution is -2.45. The first-order chi connectivity index (χ1) is 16.9. The molecule has 10 heteroatoms. The molecule has 0 radical (unpaired) electrons. The molecule has 1 aliphatic carbocycles. The largest absolute Gasteiger partial charge is 0.343 e. The first-order valence-corrected chi connectivity index (χ1v) is 12.7. The topological polar surface area (TPSA) is 123 Å². The standard InChI is InChI=1S/C25H30N6O3S/c1-17-16-19(35-24-26-14-7-15-27-24)8-9-20(17)28-21(33)10-11-22-29-23(31-34-22)25(30-18(2)32)12-5-3-4-6-13-25/h7-9,14-16H,3-6,10-13H2,1-2H3,(H,28,33)(H,30,32). The van der Waals surface area contributed by atoms with E-state index in [1.54, 1.807) is 18.5 Å². The van der Waals surface area contributed by atoms with Gasteiger partial charge >= 0.3 is 0 Å². The molecule has 35 heavy (non-hydrogen) atoms. The molecule has 2 heterocycles. The molecule has 0 saturated heterocycles. The Bertz CT molecular complexity index is 1160. The van der Waals surface area contributed by atoms with Crippen LogP contribution < -0.4 is 10.6 Å². The third-order valence-electron chi connectivity index (χ3n) is 6.06. The average molecular weight is 495 g/mol. The number of anilines is 1. The summed E-state index contributed by atoms with van der Waals surface area (Å²) in [4.78, 5) is 38.5. The second-order valence-corrected chi connectivity index (χ2v) is 9.89. The predicted molar refractivity (Wildman–Crippen MR) is 132 cm³/mol. The lowest BCUT2D eigenvalue weighted by Gasteiger charge is -2.30. The summed E-state index contributed by atoms with van der Waals surface area (Å²) < 4.78 is 5.45. The van der Waals surface area contributed by atoms with Crippen LogP contribution in [-0.2, 0) is 21.5 Å². The van der Waals surface area contributed by atoms with Crippen molar-refractivity contribution in [3.63, 3.8) is 0 Å². The van der Waals surface area contributed by atoms with Crippen molar-refractivity contribution in [1.82, 2.24) is 25.4 Å². The zero-order valence-corrected chi connectivity index (χ0v) is 20.9. The smallest absolute Gasteiger partial charge is 0.227 e. The Morgan fingerprint density at radius 2 is 1.86 bits per heavy atom. The predicted octanol–water partition coefficient (Wildman–Crippen LogP) is 4.58. The maximum Gasteiger partial charge on any atom is 0.227 e. The molecule has 0 bridgehead atoms. The van der Waals surface area contributed by atoms with Gasteiger partial charge in [0.1, 0.15) is 5.54 Å². The molecule has 1 aliphatic rings. The summed E-state index contributed by atoms with van der Waals surface area (Å²) in [5, 5.41) is 10.9. The van der Waals surface area contributed by atoms with Crippen LogP contribution in [0.4, 0.5) is 5.69 Å². The molecule has 1 aromatic carbocycles. The number of rotatable bonds is 8. The van der Waals surface area contributed by atoms with Gasteiger partial charge in [-0.25, -0.2) is 9.97 Å². The summed E-state index contributed by atoms with van der Waals surface area (Å²) in [6.45, 7) is 3.46. The fraction of sp³-hybridized carbons (Fsp3) is 0.440. The molecule has 1 fully saturated rings. The molecule has 184 valence electrons. The van der Waals surface area contributed by atoms with Crippen LogP contribution in [0.5, 0.6) is 0 Å². The van der Waals surface area contributed by atoms with Crippen LogP contribution in [0, 0.1) is 6.92 Å². The van der Waals surface area contributed by atoms with Crippen LogP contribution in [0.1, 0.15) is 69.1 Å². The van der Waals surface area contributed by atoms with Gasteiger partial charge in [0, 0.05) is 42.7 Å². The third-order valence-corrected chi connectivity index (χ3v) is 6.94. The van der Waals surface area contributed by atoms with Crippen molar-refractivity contribution >= 4 is 29.3 Å². The number of hydrogen-bond donors (Lipinski definition) is 2. The Kier molecular flexibility index (Phi) is 8.12. The van der Waals surface area contributed by atoms with Gasteiger partial charge < -0.3 is 15.2 Å². The average Bonchev–Trinajstić information content (AvgIpc) is 3.20. The molecule has 0 spiro atoms. The van der Waals surface area contributed by atoms with Crippen LogP contribution in [0.25, 0.3) is 0 Å². The molecule has 3 aromatic rings. The fourth-order valence-corrected chi connectivity index (χ4v) is 5.15. The fourth-order valence-electron chi connectivity index (χ4n) is 4.34. The number of amides is 2. The van der Waals surface area contributed by atoms with Crippen LogP contribution in [0.3, 0.4) is 0 Å². The molecule has 0 atom stereocenters.